The summed E-state index contributed by atoms with van der Waals surface area (Å²) in [6.45, 7) is 10.4. The first-order valence-electron chi connectivity index (χ1n) is 9.67. The van der Waals surface area contributed by atoms with Crippen LogP contribution < -0.4 is 10.6 Å². The second-order valence-electron chi connectivity index (χ2n) is 6.79. The van der Waals surface area contributed by atoms with Crippen molar-refractivity contribution in [3.8, 4) is 0 Å². The quantitative estimate of drug-likeness (QED) is 0.498. The van der Waals surface area contributed by atoms with Gasteiger partial charge in [-0.25, -0.2) is 0 Å². The molecule has 5 heteroatoms. The number of aliphatic hydroxyl groups excluding tert-OH is 1. The summed E-state index contributed by atoms with van der Waals surface area (Å²) >= 11 is 0. The van der Waals surface area contributed by atoms with Gasteiger partial charge in [-0.3, -0.25) is 4.99 Å². The molecule has 1 heterocycles. The van der Waals surface area contributed by atoms with Crippen LogP contribution in [-0.4, -0.2) is 61.8 Å². The van der Waals surface area contributed by atoms with Crippen molar-refractivity contribution < 1.29 is 5.11 Å². The molecule has 140 valence electrons. The number of nitrogens with one attached hydrogen (secondary N) is 2. The van der Waals surface area contributed by atoms with Gasteiger partial charge in [0, 0.05) is 25.6 Å². The Bertz CT molecular complexity index is 506. The SMILES string of the molecule is CCNC(=NCC(CO)c1ccccc1)NCC1CCCN(CC)C1. The third kappa shape index (κ3) is 6.67. The third-order valence-electron chi connectivity index (χ3n) is 4.91. The average Bonchev–Trinajstić information content (AvgIpc) is 2.67. The van der Waals surface area contributed by atoms with Crippen LogP contribution in [0.25, 0.3) is 0 Å². The number of likely N-dealkylation sites (tertiary alicyclic amines) is 1. The maximum Gasteiger partial charge on any atom is 0.191 e. The summed E-state index contributed by atoms with van der Waals surface area (Å²) in [6, 6.07) is 10.1. The predicted octanol–water partition coefficient (Wildman–Crippen LogP) is 2.05. The summed E-state index contributed by atoms with van der Waals surface area (Å²) in [4.78, 5) is 7.23. The zero-order valence-corrected chi connectivity index (χ0v) is 15.7. The summed E-state index contributed by atoms with van der Waals surface area (Å²) in [5.41, 5.74) is 1.13. The zero-order chi connectivity index (χ0) is 17.9. The van der Waals surface area contributed by atoms with Crippen LogP contribution in [0.3, 0.4) is 0 Å². The lowest BCUT2D eigenvalue weighted by molar-refractivity contribution is 0.183. The Labute approximate surface area is 152 Å². The van der Waals surface area contributed by atoms with E-state index in [2.05, 4.69) is 41.5 Å². The number of nitrogens with zero attached hydrogens (tertiary/aromatic N) is 2. The zero-order valence-electron chi connectivity index (χ0n) is 15.7. The van der Waals surface area contributed by atoms with Crippen molar-refractivity contribution in [3.63, 3.8) is 0 Å². The summed E-state index contributed by atoms with van der Waals surface area (Å²) in [5.74, 6) is 1.58. The number of piperidine rings is 1. The van der Waals surface area contributed by atoms with Crippen LogP contribution in [0.1, 0.15) is 38.2 Å². The predicted molar refractivity (Wildman–Crippen MR) is 105 cm³/mol. The van der Waals surface area contributed by atoms with Gasteiger partial charge in [0.05, 0.1) is 13.2 Å². The highest BCUT2D eigenvalue weighted by atomic mass is 16.3. The van der Waals surface area contributed by atoms with Crippen LogP contribution in [0.4, 0.5) is 0 Å². The second-order valence-corrected chi connectivity index (χ2v) is 6.79. The van der Waals surface area contributed by atoms with E-state index in [-0.39, 0.29) is 12.5 Å². The van der Waals surface area contributed by atoms with E-state index in [1.54, 1.807) is 0 Å². The molecule has 0 saturated carbocycles. The van der Waals surface area contributed by atoms with Gasteiger partial charge in [-0.1, -0.05) is 37.3 Å². The number of guanidine groups is 1. The Morgan fingerprint density at radius 1 is 1.28 bits per heavy atom. The normalized spacial score (nSPS) is 20.3. The van der Waals surface area contributed by atoms with Crippen LogP contribution >= 0.6 is 0 Å². The lowest BCUT2D eigenvalue weighted by atomic mass is 9.98. The topological polar surface area (TPSA) is 59.9 Å². The minimum Gasteiger partial charge on any atom is -0.396 e. The smallest absolute Gasteiger partial charge is 0.191 e. The first kappa shape index (κ1) is 19.7. The molecular weight excluding hydrogens is 312 g/mol. The van der Waals surface area contributed by atoms with Gasteiger partial charge in [0.2, 0.25) is 0 Å². The van der Waals surface area contributed by atoms with Gasteiger partial charge in [0.25, 0.3) is 0 Å². The molecular formula is C20H34N4O. The van der Waals surface area contributed by atoms with E-state index in [9.17, 15) is 5.11 Å². The first-order chi connectivity index (χ1) is 12.3. The molecule has 2 unspecified atom stereocenters. The van der Waals surface area contributed by atoms with Crippen LogP contribution in [0.2, 0.25) is 0 Å². The largest absolute Gasteiger partial charge is 0.396 e. The standard InChI is InChI=1S/C20H34N4O/c1-3-21-20(22-13-17-9-8-12-24(4-2)15-17)23-14-19(16-25)18-10-6-5-7-11-18/h5-7,10-11,17,19,25H,3-4,8-9,12-16H2,1-2H3,(H2,21,22,23). The van der Waals surface area contributed by atoms with Crippen LogP contribution in [0.5, 0.6) is 0 Å². The fourth-order valence-electron chi connectivity index (χ4n) is 3.38. The minimum atomic E-state index is 0.0434. The van der Waals surface area contributed by atoms with E-state index >= 15 is 0 Å². The van der Waals surface area contributed by atoms with Gasteiger partial charge in [-0.15, -0.1) is 0 Å². The highest BCUT2D eigenvalue weighted by Gasteiger charge is 2.19. The number of hydrogen-bond donors (Lipinski definition) is 3. The Kier molecular flexibility index (Phi) is 8.77. The molecule has 25 heavy (non-hydrogen) atoms. The Balaban J connectivity index is 1.88. The molecule has 1 aliphatic heterocycles. The van der Waals surface area contributed by atoms with Crippen molar-refractivity contribution in [2.24, 2.45) is 10.9 Å². The maximum absolute atomic E-state index is 9.70. The van der Waals surface area contributed by atoms with E-state index in [0.717, 1.165) is 31.2 Å². The third-order valence-corrected chi connectivity index (χ3v) is 4.91. The van der Waals surface area contributed by atoms with Gasteiger partial charge >= 0.3 is 0 Å². The van der Waals surface area contributed by atoms with Gasteiger partial charge in [0.1, 0.15) is 0 Å². The van der Waals surface area contributed by atoms with Gasteiger partial charge in [-0.2, -0.15) is 0 Å². The summed E-state index contributed by atoms with van der Waals surface area (Å²) in [7, 11) is 0. The van der Waals surface area contributed by atoms with Crippen molar-refractivity contribution in [1.29, 1.82) is 0 Å². The molecule has 1 aromatic rings. The van der Waals surface area contributed by atoms with Crippen molar-refractivity contribution in [1.82, 2.24) is 15.5 Å². The molecule has 5 nitrogen and oxygen atoms in total. The molecule has 0 radical (unpaired) electrons. The number of hydrogen-bond acceptors (Lipinski definition) is 3. The van der Waals surface area contributed by atoms with Gasteiger partial charge in [0.15, 0.2) is 5.96 Å². The van der Waals surface area contributed by atoms with Crippen LogP contribution in [0.15, 0.2) is 35.3 Å². The summed E-state index contributed by atoms with van der Waals surface area (Å²) in [5, 5.41) is 16.5. The highest BCUT2D eigenvalue weighted by Crippen LogP contribution is 2.16. The van der Waals surface area contributed by atoms with Gasteiger partial charge < -0.3 is 20.6 Å². The molecule has 1 saturated heterocycles. The van der Waals surface area contributed by atoms with Crippen LogP contribution in [0, 0.1) is 5.92 Å². The Hall–Kier alpha value is -1.59. The van der Waals surface area contributed by atoms with Crippen molar-refractivity contribution in [2.75, 3.05) is 45.9 Å². The molecule has 1 aliphatic rings. The first-order valence-corrected chi connectivity index (χ1v) is 9.67. The monoisotopic (exact) mass is 346 g/mol. The minimum absolute atomic E-state index is 0.0434. The fraction of sp³-hybridized carbons (Fsp3) is 0.650. The lowest BCUT2D eigenvalue weighted by Crippen LogP contribution is -2.44. The molecule has 2 atom stereocenters. The molecule has 0 aromatic heterocycles. The summed E-state index contributed by atoms with van der Waals surface area (Å²) in [6.07, 6.45) is 2.57. The summed E-state index contributed by atoms with van der Waals surface area (Å²) < 4.78 is 0. The number of aliphatic hydroxyl groups is 1. The van der Waals surface area contributed by atoms with E-state index < -0.39 is 0 Å². The number of rotatable bonds is 8. The molecule has 2 rings (SSSR count). The van der Waals surface area contributed by atoms with E-state index in [1.165, 1.54) is 25.9 Å². The van der Waals surface area contributed by atoms with E-state index in [0.29, 0.717) is 12.5 Å². The van der Waals surface area contributed by atoms with Crippen LogP contribution in [-0.2, 0) is 0 Å². The van der Waals surface area contributed by atoms with Crippen molar-refractivity contribution in [2.45, 2.75) is 32.6 Å². The van der Waals surface area contributed by atoms with Crippen molar-refractivity contribution in [3.05, 3.63) is 35.9 Å². The molecule has 0 amide bonds. The Morgan fingerprint density at radius 2 is 2.08 bits per heavy atom. The van der Waals surface area contributed by atoms with Crippen molar-refractivity contribution >= 4 is 5.96 Å². The molecule has 1 aromatic carbocycles. The van der Waals surface area contributed by atoms with E-state index in [1.807, 2.05) is 18.2 Å². The second kappa shape index (κ2) is 11.1. The number of aliphatic imine (C=N–C) groups is 1. The molecule has 3 N–H and O–H groups in total. The molecule has 0 bridgehead atoms. The molecule has 0 spiro atoms. The highest BCUT2D eigenvalue weighted by molar-refractivity contribution is 5.79. The Morgan fingerprint density at radius 3 is 2.76 bits per heavy atom. The lowest BCUT2D eigenvalue weighted by Gasteiger charge is -2.32. The number of benzene rings is 1. The molecule has 1 fully saturated rings. The fourth-order valence-corrected chi connectivity index (χ4v) is 3.38. The average molecular weight is 347 g/mol. The maximum atomic E-state index is 9.70. The van der Waals surface area contributed by atoms with Gasteiger partial charge in [-0.05, 0) is 44.3 Å². The van der Waals surface area contributed by atoms with E-state index in [4.69, 9.17) is 4.99 Å². The molecule has 0 aliphatic carbocycles.